The summed E-state index contributed by atoms with van der Waals surface area (Å²) in [5, 5.41) is 18.7. The van der Waals surface area contributed by atoms with E-state index < -0.39 is 10.5 Å². The van der Waals surface area contributed by atoms with Crippen LogP contribution >= 0.6 is 0 Å². The van der Waals surface area contributed by atoms with Crippen LogP contribution < -0.4 is 15.5 Å². The fourth-order valence-corrected chi connectivity index (χ4v) is 4.33. The highest BCUT2D eigenvalue weighted by Crippen LogP contribution is 2.36. The summed E-state index contributed by atoms with van der Waals surface area (Å²) in [7, 11) is 0. The van der Waals surface area contributed by atoms with Gasteiger partial charge in [-0.3, -0.25) is 10.1 Å². The lowest BCUT2D eigenvalue weighted by Gasteiger charge is -2.36. The number of carbonyl (C=O) groups excluding carboxylic acids is 1. The molecule has 2 heterocycles. The van der Waals surface area contributed by atoms with Crippen molar-refractivity contribution in [3.63, 3.8) is 0 Å². The lowest BCUT2D eigenvalue weighted by molar-refractivity contribution is -0.383. The van der Waals surface area contributed by atoms with Crippen molar-refractivity contribution in [3.8, 4) is 0 Å². The van der Waals surface area contributed by atoms with Gasteiger partial charge in [0.1, 0.15) is 5.60 Å². The van der Waals surface area contributed by atoms with E-state index in [1.807, 2.05) is 56.0 Å². The van der Waals surface area contributed by atoms with Gasteiger partial charge in [0.05, 0.1) is 4.92 Å². The van der Waals surface area contributed by atoms with Crippen LogP contribution in [0.25, 0.3) is 0 Å². The van der Waals surface area contributed by atoms with E-state index in [1.54, 1.807) is 4.90 Å². The maximum Gasteiger partial charge on any atom is 0.410 e. The molecule has 2 aromatic rings. The number of carbonyl (C=O) groups is 1. The average molecular weight is 484 g/mol. The van der Waals surface area contributed by atoms with E-state index in [0.717, 1.165) is 31.4 Å². The van der Waals surface area contributed by atoms with Crippen molar-refractivity contribution >= 4 is 35.1 Å². The summed E-state index contributed by atoms with van der Waals surface area (Å²) in [6, 6.07) is 9.60. The Balaban J connectivity index is 1.62. The smallest absolute Gasteiger partial charge is 0.410 e. The molecular weight excluding hydrogens is 450 g/mol. The van der Waals surface area contributed by atoms with E-state index in [-0.39, 0.29) is 35.4 Å². The number of para-hydroxylation sites is 1. The molecule has 1 saturated heterocycles. The van der Waals surface area contributed by atoms with Gasteiger partial charge >= 0.3 is 11.8 Å². The lowest BCUT2D eigenvalue weighted by Crippen LogP contribution is -2.50. The standard InChI is InChI=1S/C24H33N7O4/c1-24(2,3)35-23(32)30-15-13-29(14-16-30)21-19(31(33)34)20(25-17-11-7-8-12-17)27-22(28-21)26-18-9-5-4-6-10-18/h4-6,9-10,17H,7-8,11-16H2,1-3H3,(H2,25,26,27,28). The number of ether oxygens (including phenoxy) is 1. The molecule has 188 valence electrons. The second-order valence-electron chi connectivity index (χ2n) is 9.90. The molecule has 1 aliphatic carbocycles. The highest BCUT2D eigenvalue weighted by Gasteiger charge is 2.33. The number of anilines is 4. The molecule has 1 saturated carbocycles. The summed E-state index contributed by atoms with van der Waals surface area (Å²) in [6.07, 6.45) is 3.69. The molecular formula is C24H33N7O4. The number of nitrogens with zero attached hydrogens (tertiary/aromatic N) is 5. The number of piperazine rings is 1. The molecule has 1 amide bonds. The Bertz CT molecular complexity index is 1040. The molecule has 0 unspecified atom stereocenters. The fraction of sp³-hybridized carbons (Fsp3) is 0.542. The SMILES string of the molecule is CC(C)(C)OC(=O)N1CCN(c2nc(Nc3ccccc3)nc(NC3CCCC3)c2[N+](=O)[O-])CC1. The highest BCUT2D eigenvalue weighted by atomic mass is 16.6. The van der Waals surface area contributed by atoms with Crippen LogP contribution in [0.4, 0.5) is 33.8 Å². The molecule has 0 atom stereocenters. The number of nitrogens with one attached hydrogen (secondary N) is 2. The maximum absolute atomic E-state index is 12.5. The molecule has 2 fully saturated rings. The minimum absolute atomic E-state index is 0.138. The number of hydrogen-bond acceptors (Lipinski definition) is 9. The zero-order valence-electron chi connectivity index (χ0n) is 20.5. The largest absolute Gasteiger partial charge is 0.444 e. The topological polar surface area (TPSA) is 126 Å². The molecule has 0 radical (unpaired) electrons. The van der Waals surface area contributed by atoms with E-state index >= 15 is 0 Å². The molecule has 4 rings (SSSR count). The minimum Gasteiger partial charge on any atom is -0.444 e. The normalized spacial score (nSPS) is 16.8. The second-order valence-corrected chi connectivity index (χ2v) is 9.90. The van der Waals surface area contributed by atoms with Gasteiger partial charge in [-0.05, 0) is 45.7 Å². The number of nitro groups is 1. The number of aromatic nitrogens is 2. The van der Waals surface area contributed by atoms with Crippen molar-refractivity contribution in [2.75, 3.05) is 41.7 Å². The van der Waals surface area contributed by atoms with Crippen LogP contribution in [0, 0.1) is 10.1 Å². The Kier molecular flexibility index (Phi) is 7.23. The molecule has 2 N–H and O–H groups in total. The number of hydrogen-bond donors (Lipinski definition) is 2. The molecule has 0 bridgehead atoms. The molecule has 1 aliphatic heterocycles. The monoisotopic (exact) mass is 483 g/mol. The summed E-state index contributed by atoms with van der Waals surface area (Å²) in [4.78, 5) is 36.8. The van der Waals surface area contributed by atoms with Gasteiger partial charge in [0, 0.05) is 37.9 Å². The van der Waals surface area contributed by atoms with Crippen LogP contribution in [-0.4, -0.2) is 63.7 Å². The lowest BCUT2D eigenvalue weighted by atomic mass is 10.2. The van der Waals surface area contributed by atoms with E-state index in [0.29, 0.717) is 26.2 Å². The van der Waals surface area contributed by atoms with Crippen molar-refractivity contribution in [2.45, 2.75) is 58.1 Å². The molecule has 0 spiro atoms. The first-order valence-corrected chi connectivity index (χ1v) is 12.1. The Labute approximate surface area is 205 Å². The molecule has 2 aliphatic rings. The third kappa shape index (κ3) is 6.28. The molecule has 1 aromatic carbocycles. The predicted octanol–water partition coefficient (Wildman–Crippen LogP) is 4.54. The van der Waals surface area contributed by atoms with Gasteiger partial charge in [-0.25, -0.2) is 4.79 Å². The third-order valence-corrected chi connectivity index (χ3v) is 6.01. The van der Waals surface area contributed by atoms with Crippen molar-refractivity contribution in [3.05, 3.63) is 40.4 Å². The minimum atomic E-state index is -0.585. The van der Waals surface area contributed by atoms with Gasteiger partial charge in [0.25, 0.3) is 0 Å². The third-order valence-electron chi connectivity index (χ3n) is 6.01. The van der Waals surface area contributed by atoms with Gasteiger partial charge in [0.15, 0.2) is 0 Å². The Morgan fingerprint density at radius 2 is 1.74 bits per heavy atom. The van der Waals surface area contributed by atoms with Crippen molar-refractivity contribution in [1.82, 2.24) is 14.9 Å². The van der Waals surface area contributed by atoms with Crippen LogP contribution in [0.1, 0.15) is 46.5 Å². The Morgan fingerprint density at radius 1 is 1.09 bits per heavy atom. The molecule has 1 aromatic heterocycles. The first-order chi connectivity index (χ1) is 16.7. The van der Waals surface area contributed by atoms with E-state index in [9.17, 15) is 14.9 Å². The van der Waals surface area contributed by atoms with Gasteiger partial charge in [-0.1, -0.05) is 31.0 Å². The van der Waals surface area contributed by atoms with E-state index in [1.165, 1.54) is 0 Å². The van der Waals surface area contributed by atoms with Crippen molar-refractivity contribution < 1.29 is 14.5 Å². The second kappa shape index (κ2) is 10.3. The van der Waals surface area contributed by atoms with Crippen LogP contribution in [-0.2, 0) is 4.74 Å². The number of benzene rings is 1. The molecule has 35 heavy (non-hydrogen) atoms. The maximum atomic E-state index is 12.5. The van der Waals surface area contributed by atoms with Gasteiger partial charge in [-0.15, -0.1) is 0 Å². The van der Waals surface area contributed by atoms with Crippen LogP contribution in [0.2, 0.25) is 0 Å². The van der Waals surface area contributed by atoms with Gasteiger partial charge < -0.3 is 25.2 Å². The van der Waals surface area contributed by atoms with Gasteiger partial charge in [-0.2, -0.15) is 9.97 Å². The first-order valence-electron chi connectivity index (χ1n) is 12.1. The zero-order valence-corrected chi connectivity index (χ0v) is 20.5. The summed E-state index contributed by atoms with van der Waals surface area (Å²) >= 11 is 0. The summed E-state index contributed by atoms with van der Waals surface area (Å²) in [6.45, 7) is 7.02. The fourth-order valence-electron chi connectivity index (χ4n) is 4.33. The van der Waals surface area contributed by atoms with Crippen LogP contribution in [0.3, 0.4) is 0 Å². The highest BCUT2D eigenvalue weighted by molar-refractivity contribution is 5.75. The molecule has 11 nitrogen and oxygen atoms in total. The summed E-state index contributed by atoms with van der Waals surface area (Å²) < 4.78 is 5.47. The van der Waals surface area contributed by atoms with E-state index in [2.05, 4.69) is 20.6 Å². The molecule has 11 heteroatoms. The van der Waals surface area contributed by atoms with Crippen LogP contribution in [0.15, 0.2) is 30.3 Å². The Hall–Kier alpha value is -3.63. The van der Waals surface area contributed by atoms with Crippen LogP contribution in [0.5, 0.6) is 0 Å². The predicted molar refractivity (Wildman–Crippen MR) is 134 cm³/mol. The zero-order chi connectivity index (χ0) is 25.0. The van der Waals surface area contributed by atoms with Crippen molar-refractivity contribution in [2.24, 2.45) is 0 Å². The first kappa shape index (κ1) is 24.5. The number of rotatable bonds is 6. The van der Waals surface area contributed by atoms with E-state index in [4.69, 9.17) is 4.74 Å². The summed E-state index contributed by atoms with van der Waals surface area (Å²) in [5.74, 6) is 0.750. The quantitative estimate of drug-likeness (QED) is 0.450. The van der Waals surface area contributed by atoms with Gasteiger partial charge in [0.2, 0.25) is 17.6 Å². The Morgan fingerprint density at radius 3 is 2.34 bits per heavy atom. The van der Waals surface area contributed by atoms with Crippen molar-refractivity contribution in [1.29, 1.82) is 0 Å². The average Bonchev–Trinajstić information content (AvgIpc) is 3.31. The summed E-state index contributed by atoms with van der Waals surface area (Å²) in [5.41, 5.74) is 0.0634. The number of amides is 1.